The number of anilines is 1. The molecule has 2 N–H and O–H groups in total. The van der Waals surface area contributed by atoms with Gasteiger partial charge in [-0.15, -0.1) is 0 Å². The molecule has 2 aromatic rings. The summed E-state index contributed by atoms with van der Waals surface area (Å²) >= 11 is 0. The van der Waals surface area contributed by atoms with Gasteiger partial charge in [0.25, 0.3) is 0 Å². The Kier molecular flexibility index (Phi) is 2.74. The molecule has 1 aromatic carbocycles. The highest BCUT2D eigenvalue weighted by Crippen LogP contribution is 2.31. The van der Waals surface area contributed by atoms with Crippen molar-refractivity contribution in [2.75, 3.05) is 12.3 Å². The van der Waals surface area contributed by atoms with Crippen LogP contribution < -0.4 is 5.73 Å². The number of nitrogens with zero attached hydrogens (tertiary/aromatic N) is 2. The zero-order chi connectivity index (χ0) is 12.7. The van der Waals surface area contributed by atoms with Crippen molar-refractivity contribution in [2.45, 2.75) is 39.3 Å². The second-order valence-corrected chi connectivity index (χ2v) is 5.08. The van der Waals surface area contributed by atoms with Crippen LogP contribution in [0, 0.1) is 13.8 Å². The minimum Gasteiger partial charge on any atom is -0.398 e. The van der Waals surface area contributed by atoms with E-state index < -0.39 is 0 Å². The number of nitrogens with two attached hydrogens (primary N) is 1. The predicted molar refractivity (Wildman–Crippen MR) is 72.5 cm³/mol. The third-order valence-corrected chi connectivity index (χ3v) is 3.90. The first-order valence-electron chi connectivity index (χ1n) is 6.53. The molecule has 0 saturated carbocycles. The Morgan fingerprint density at radius 2 is 2.22 bits per heavy atom. The maximum atomic E-state index is 6.17. The number of hydrogen-bond donors (Lipinski definition) is 1. The van der Waals surface area contributed by atoms with Crippen LogP contribution >= 0.6 is 0 Å². The van der Waals surface area contributed by atoms with E-state index >= 15 is 0 Å². The fourth-order valence-electron chi connectivity index (χ4n) is 2.60. The molecule has 0 bridgehead atoms. The number of benzene rings is 1. The van der Waals surface area contributed by atoms with Crippen molar-refractivity contribution in [3.63, 3.8) is 0 Å². The quantitative estimate of drug-likeness (QED) is 0.786. The SMILES string of the molecule is Cc1cc2c(cnn2C2CCCCO2)c(N)c1C. The van der Waals surface area contributed by atoms with E-state index in [2.05, 4.69) is 25.0 Å². The maximum Gasteiger partial charge on any atom is 0.150 e. The van der Waals surface area contributed by atoms with Gasteiger partial charge in [-0.25, -0.2) is 4.68 Å². The summed E-state index contributed by atoms with van der Waals surface area (Å²) in [5, 5.41) is 5.51. The van der Waals surface area contributed by atoms with Crippen LogP contribution in [0.5, 0.6) is 0 Å². The van der Waals surface area contributed by atoms with Crippen LogP contribution in [0.15, 0.2) is 12.3 Å². The van der Waals surface area contributed by atoms with Gasteiger partial charge in [-0.1, -0.05) is 0 Å². The summed E-state index contributed by atoms with van der Waals surface area (Å²) in [6.45, 7) is 4.97. The van der Waals surface area contributed by atoms with Crippen LogP contribution in [0.2, 0.25) is 0 Å². The zero-order valence-electron chi connectivity index (χ0n) is 10.9. The molecule has 1 atom stereocenters. The lowest BCUT2D eigenvalue weighted by Gasteiger charge is -2.23. The average Bonchev–Trinajstić information content (AvgIpc) is 2.81. The standard InChI is InChI=1S/C14H19N3O/c1-9-7-12-11(14(15)10(9)2)8-16-17(12)13-5-3-4-6-18-13/h7-8,13H,3-6,15H2,1-2H3. The highest BCUT2D eigenvalue weighted by Gasteiger charge is 2.19. The van der Waals surface area contributed by atoms with Crippen molar-refractivity contribution in [3.05, 3.63) is 23.4 Å². The highest BCUT2D eigenvalue weighted by molar-refractivity contribution is 5.93. The number of ether oxygens (including phenoxy) is 1. The van der Waals surface area contributed by atoms with Crippen molar-refractivity contribution in [2.24, 2.45) is 0 Å². The molecule has 2 heterocycles. The van der Waals surface area contributed by atoms with Gasteiger partial charge in [-0.2, -0.15) is 5.10 Å². The summed E-state index contributed by atoms with van der Waals surface area (Å²) < 4.78 is 7.78. The van der Waals surface area contributed by atoms with Gasteiger partial charge in [0.1, 0.15) is 0 Å². The van der Waals surface area contributed by atoms with E-state index in [0.29, 0.717) is 0 Å². The van der Waals surface area contributed by atoms with Crippen molar-refractivity contribution in [1.29, 1.82) is 0 Å². The Hall–Kier alpha value is -1.55. The van der Waals surface area contributed by atoms with Gasteiger partial charge in [0.2, 0.25) is 0 Å². The van der Waals surface area contributed by atoms with Gasteiger partial charge in [0.05, 0.1) is 11.7 Å². The predicted octanol–water partition coefficient (Wildman–Crippen LogP) is 2.93. The van der Waals surface area contributed by atoms with Crippen molar-refractivity contribution in [3.8, 4) is 0 Å². The molecule has 0 amide bonds. The summed E-state index contributed by atoms with van der Waals surface area (Å²) in [5.41, 5.74) is 10.4. The van der Waals surface area contributed by atoms with E-state index in [4.69, 9.17) is 10.5 Å². The molecule has 0 spiro atoms. The summed E-state index contributed by atoms with van der Waals surface area (Å²) in [5.74, 6) is 0. The smallest absolute Gasteiger partial charge is 0.150 e. The summed E-state index contributed by atoms with van der Waals surface area (Å²) in [6.07, 6.45) is 5.30. The van der Waals surface area contributed by atoms with E-state index in [0.717, 1.165) is 41.6 Å². The van der Waals surface area contributed by atoms with Crippen LogP contribution in [-0.2, 0) is 4.74 Å². The lowest BCUT2D eigenvalue weighted by Crippen LogP contribution is -2.19. The van der Waals surface area contributed by atoms with E-state index in [9.17, 15) is 0 Å². The maximum absolute atomic E-state index is 6.17. The van der Waals surface area contributed by atoms with E-state index in [1.807, 2.05) is 10.9 Å². The Balaban J connectivity index is 2.13. The van der Waals surface area contributed by atoms with Gasteiger partial charge < -0.3 is 10.5 Å². The Labute approximate surface area is 107 Å². The fourth-order valence-corrected chi connectivity index (χ4v) is 2.60. The topological polar surface area (TPSA) is 53.1 Å². The third kappa shape index (κ3) is 1.68. The number of aromatic nitrogens is 2. The molecule has 18 heavy (non-hydrogen) atoms. The molecule has 1 unspecified atom stereocenters. The second kappa shape index (κ2) is 4.28. The third-order valence-electron chi connectivity index (χ3n) is 3.90. The molecule has 1 aliphatic rings. The van der Waals surface area contributed by atoms with Crippen molar-refractivity contribution < 1.29 is 4.74 Å². The molecule has 1 fully saturated rings. The van der Waals surface area contributed by atoms with Crippen LogP contribution in [0.3, 0.4) is 0 Å². The molecular weight excluding hydrogens is 226 g/mol. The van der Waals surface area contributed by atoms with Crippen LogP contribution in [0.1, 0.15) is 36.6 Å². The Morgan fingerprint density at radius 3 is 2.94 bits per heavy atom. The largest absolute Gasteiger partial charge is 0.398 e. The van der Waals surface area contributed by atoms with Gasteiger partial charge in [-0.05, 0) is 50.3 Å². The lowest BCUT2D eigenvalue weighted by atomic mass is 10.0. The monoisotopic (exact) mass is 245 g/mol. The van der Waals surface area contributed by atoms with Crippen LogP contribution in [0.4, 0.5) is 5.69 Å². The number of rotatable bonds is 1. The van der Waals surface area contributed by atoms with E-state index in [1.54, 1.807) is 0 Å². The second-order valence-electron chi connectivity index (χ2n) is 5.08. The normalized spacial score (nSPS) is 20.4. The molecule has 1 saturated heterocycles. The molecule has 3 rings (SSSR count). The molecule has 0 radical (unpaired) electrons. The van der Waals surface area contributed by atoms with Gasteiger partial charge in [0.15, 0.2) is 6.23 Å². The van der Waals surface area contributed by atoms with E-state index in [1.165, 1.54) is 12.0 Å². The number of aryl methyl sites for hydroxylation is 1. The highest BCUT2D eigenvalue weighted by atomic mass is 16.5. The molecule has 1 aromatic heterocycles. The van der Waals surface area contributed by atoms with Gasteiger partial charge in [0, 0.05) is 17.7 Å². The Morgan fingerprint density at radius 1 is 1.39 bits per heavy atom. The first-order valence-corrected chi connectivity index (χ1v) is 6.53. The minimum absolute atomic E-state index is 0.0674. The molecular formula is C14H19N3O. The van der Waals surface area contributed by atoms with E-state index in [-0.39, 0.29) is 6.23 Å². The first-order chi connectivity index (χ1) is 8.68. The van der Waals surface area contributed by atoms with Gasteiger partial charge >= 0.3 is 0 Å². The molecule has 96 valence electrons. The van der Waals surface area contributed by atoms with Crippen molar-refractivity contribution in [1.82, 2.24) is 9.78 Å². The Bertz CT molecular complexity index is 582. The van der Waals surface area contributed by atoms with Gasteiger partial charge in [-0.3, -0.25) is 0 Å². The number of hydrogen-bond acceptors (Lipinski definition) is 3. The summed E-state index contributed by atoms with van der Waals surface area (Å²) in [4.78, 5) is 0. The average molecular weight is 245 g/mol. The van der Waals surface area contributed by atoms with Crippen molar-refractivity contribution >= 4 is 16.6 Å². The molecule has 4 heteroatoms. The lowest BCUT2D eigenvalue weighted by molar-refractivity contribution is -0.0366. The molecule has 4 nitrogen and oxygen atoms in total. The van der Waals surface area contributed by atoms with Crippen LogP contribution in [-0.4, -0.2) is 16.4 Å². The molecule has 1 aliphatic heterocycles. The molecule has 0 aliphatic carbocycles. The summed E-state index contributed by atoms with van der Waals surface area (Å²) in [6, 6.07) is 2.16. The minimum atomic E-state index is 0.0674. The first kappa shape index (κ1) is 11.5. The fraction of sp³-hybridized carbons (Fsp3) is 0.500. The number of nitrogen functional groups attached to an aromatic ring is 1. The zero-order valence-corrected chi connectivity index (χ0v) is 10.9. The van der Waals surface area contributed by atoms with Crippen LogP contribution in [0.25, 0.3) is 10.9 Å². The number of fused-ring (bicyclic) bond motifs is 1. The summed E-state index contributed by atoms with van der Waals surface area (Å²) in [7, 11) is 0.